The number of hydrogen-bond acceptors (Lipinski definition) is 1. The number of aromatic nitrogens is 1. The van der Waals surface area contributed by atoms with Crippen LogP contribution in [-0.2, 0) is 0 Å². The lowest BCUT2D eigenvalue weighted by atomic mass is 10.1. The van der Waals surface area contributed by atoms with Gasteiger partial charge in [-0.1, -0.05) is 80.3 Å². The van der Waals surface area contributed by atoms with Crippen molar-refractivity contribution in [3.05, 3.63) is 36.7 Å². The summed E-state index contributed by atoms with van der Waals surface area (Å²) in [6.07, 6.45) is 10.2. The summed E-state index contributed by atoms with van der Waals surface area (Å²) >= 11 is 2.45. The van der Waals surface area contributed by atoms with Gasteiger partial charge in [-0.3, -0.25) is 0 Å². The minimum absolute atomic E-state index is 0.700. The fourth-order valence-electron chi connectivity index (χ4n) is 1.90. The van der Waals surface area contributed by atoms with Gasteiger partial charge in [0.2, 0.25) is 11.1 Å². The molecule has 20 heavy (non-hydrogen) atoms. The molecule has 1 aromatic carbocycles. The van der Waals surface area contributed by atoms with Crippen molar-refractivity contribution in [2.24, 2.45) is 0 Å². The van der Waals surface area contributed by atoms with Crippen LogP contribution in [0.3, 0.4) is 0 Å². The van der Waals surface area contributed by atoms with E-state index in [-0.39, 0.29) is 0 Å². The molecule has 0 aliphatic carbocycles. The molecule has 0 aliphatic heterocycles. The largest absolute Gasteiger partial charge is 0.398 e. The molecule has 0 amide bonds. The van der Waals surface area contributed by atoms with E-state index in [0.29, 0.717) is 5.89 Å². The van der Waals surface area contributed by atoms with Crippen molar-refractivity contribution in [3.63, 3.8) is 0 Å². The van der Waals surface area contributed by atoms with Gasteiger partial charge >= 0.3 is 5.89 Å². The molecule has 0 radical (unpaired) electrons. The minimum atomic E-state index is 0.700. The molecule has 0 bridgehead atoms. The summed E-state index contributed by atoms with van der Waals surface area (Å²) in [4.78, 5) is 3.06. The minimum Gasteiger partial charge on any atom is -0.398 e. The van der Waals surface area contributed by atoms with Crippen molar-refractivity contribution >= 4 is 39.8 Å². The Labute approximate surface area is 135 Å². The number of aromatic amines is 1. The lowest BCUT2D eigenvalue weighted by Gasteiger charge is -1.95. The maximum atomic E-state index is 5.34. The monoisotopic (exact) mass is 386 g/mol. The summed E-state index contributed by atoms with van der Waals surface area (Å²) in [5.41, 5.74) is 1.87. The first kappa shape index (κ1) is 17.2. The third-order valence-electron chi connectivity index (χ3n) is 3.04. The summed E-state index contributed by atoms with van der Waals surface area (Å²) in [7, 11) is 0. The van der Waals surface area contributed by atoms with Crippen LogP contribution in [0.15, 0.2) is 35.3 Å². The van der Waals surface area contributed by atoms with Gasteiger partial charge < -0.3 is 4.42 Å². The maximum Gasteiger partial charge on any atom is 0.371 e. The van der Waals surface area contributed by atoms with Gasteiger partial charge in [-0.2, -0.15) is 4.98 Å². The molecule has 0 unspecified atom stereocenters. The van der Waals surface area contributed by atoms with E-state index in [9.17, 15) is 0 Å². The van der Waals surface area contributed by atoms with Crippen LogP contribution in [0, 0.1) is 0 Å². The van der Waals surface area contributed by atoms with E-state index in [1.165, 1.54) is 43.0 Å². The SMILES string of the molecule is C=Cc1[nH+]c2ccccc2o1.CCCCCCCCI. The van der Waals surface area contributed by atoms with Crippen LogP contribution in [0.25, 0.3) is 17.2 Å². The van der Waals surface area contributed by atoms with Crippen molar-refractivity contribution in [2.75, 3.05) is 4.43 Å². The fraction of sp³-hybridized carbons (Fsp3) is 0.471. The van der Waals surface area contributed by atoms with Gasteiger partial charge in [-0.15, -0.1) is 0 Å². The average Bonchev–Trinajstić information content (AvgIpc) is 2.91. The first-order chi connectivity index (χ1) is 9.81. The Morgan fingerprint density at radius 2 is 1.85 bits per heavy atom. The summed E-state index contributed by atoms with van der Waals surface area (Å²) in [5.74, 6) is 0.700. The topological polar surface area (TPSA) is 27.3 Å². The van der Waals surface area contributed by atoms with Gasteiger partial charge in [0.1, 0.15) is 0 Å². The number of nitrogens with one attached hydrogen (secondary N) is 1. The first-order valence-corrected chi connectivity index (χ1v) is 8.93. The highest BCUT2D eigenvalue weighted by molar-refractivity contribution is 14.1. The fourth-order valence-corrected chi connectivity index (χ4v) is 2.44. The Morgan fingerprint density at radius 1 is 1.15 bits per heavy atom. The van der Waals surface area contributed by atoms with Gasteiger partial charge in [0.25, 0.3) is 0 Å². The summed E-state index contributed by atoms with van der Waals surface area (Å²) in [5, 5.41) is 0. The van der Waals surface area contributed by atoms with E-state index in [0.717, 1.165) is 11.1 Å². The van der Waals surface area contributed by atoms with Crippen LogP contribution < -0.4 is 4.98 Å². The van der Waals surface area contributed by atoms with Crippen molar-refractivity contribution in [1.29, 1.82) is 0 Å². The van der Waals surface area contributed by atoms with E-state index >= 15 is 0 Å². The number of fused-ring (bicyclic) bond motifs is 1. The third-order valence-corrected chi connectivity index (χ3v) is 3.80. The van der Waals surface area contributed by atoms with Gasteiger partial charge in [0.15, 0.2) is 0 Å². The Hall–Kier alpha value is -0.840. The number of hydrogen-bond donors (Lipinski definition) is 0. The number of unbranched alkanes of at least 4 members (excludes halogenated alkanes) is 5. The molecule has 2 nitrogen and oxygen atoms in total. The number of oxazole rings is 1. The maximum absolute atomic E-state index is 5.34. The summed E-state index contributed by atoms with van der Waals surface area (Å²) < 4.78 is 6.68. The van der Waals surface area contributed by atoms with Crippen molar-refractivity contribution < 1.29 is 9.40 Å². The number of para-hydroxylation sites is 2. The van der Waals surface area contributed by atoms with Crippen LogP contribution in [0.1, 0.15) is 51.3 Å². The zero-order chi connectivity index (χ0) is 14.6. The molecule has 0 spiro atoms. The molecule has 1 N–H and O–H groups in total. The number of alkyl halides is 1. The Morgan fingerprint density at radius 3 is 2.50 bits per heavy atom. The molecule has 0 atom stereocenters. The molecule has 0 fully saturated rings. The molecule has 2 rings (SSSR count). The van der Waals surface area contributed by atoms with E-state index in [1.54, 1.807) is 6.08 Å². The quantitative estimate of drug-likeness (QED) is 0.342. The molecular formula is C17H25INO+. The Balaban J connectivity index is 0.000000206. The van der Waals surface area contributed by atoms with Crippen LogP contribution in [0.2, 0.25) is 0 Å². The zero-order valence-corrected chi connectivity index (χ0v) is 14.5. The molecule has 0 saturated carbocycles. The zero-order valence-electron chi connectivity index (χ0n) is 12.3. The second-order valence-electron chi connectivity index (χ2n) is 4.75. The van der Waals surface area contributed by atoms with Crippen molar-refractivity contribution in [1.82, 2.24) is 0 Å². The van der Waals surface area contributed by atoms with E-state index in [1.807, 2.05) is 24.3 Å². The van der Waals surface area contributed by atoms with Crippen LogP contribution in [0.4, 0.5) is 0 Å². The predicted octanol–water partition coefficient (Wildman–Crippen LogP) is 5.67. The van der Waals surface area contributed by atoms with Crippen molar-refractivity contribution in [2.45, 2.75) is 45.4 Å². The number of H-pyrrole nitrogens is 1. The lowest BCUT2D eigenvalue weighted by Crippen LogP contribution is -1.99. The number of benzene rings is 1. The molecule has 3 heteroatoms. The number of rotatable bonds is 7. The lowest BCUT2D eigenvalue weighted by molar-refractivity contribution is -0.357. The van der Waals surface area contributed by atoms with Crippen LogP contribution >= 0.6 is 22.6 Å². The number of halogens is 1. The van der Waals surface area contributed by atoms with Gasteiger partial charge in [-0.05, 0) is 16.9 Å². The normalized spacial score (nSPS) is 10.1. The predicted molar refractivity (Wildman–Crippen MR) is 95.1 cm³/mol. The van der Waals surface area contributed by atoms with Gasteiger partial charge in [-0.25, -0.2) is 0 Å². The molecule has 0 saturated heterocycles. The van der Waals surface area contributed by atoms with E-state index in [4.69, 9.17) is 4.42 Å². The van der Waals surface area contributed by atoms with Crippen molar-refractivity contribution in [3.8, 4) is 0 Å². The van der Waals surface area contributed by atoms with Gasteiger partial charge in [0.05, 0.1) is 0 Å². The van der Waals surface area contributed by atoms with E-state index < -0.39 is 0 Å². The smallest absolute Gasteiger partial charge is 0.371 e. The average molecular weight is 386 g/mol. The summed E-state index contributed by atoms with van der Waals surface area (Å²) in [6, 6.07) is 7.78. The molecule has 2 aromatic rings. The highest BCUT2D eigenvalue weighted by Gasteiger charge is 2.06. The highest BCUT2D eigenvalue weighted by atomic mass is 127. The van der Waals surface area contributed by atoms with Gasteiger partial charge in [0, 0.05) is 12.1 Å². The molecule has 1 heterocycles. The third kappa shape index (κ3) is 6.55. The standard InChI is InChI=1S/C9H7NO.C8H17I/c1-2-9-10-7-5-3-4-6-8(7)11-9;1-2-3-4-5-6-7-8-9/h2-6H,1H2;2-8H2,1H3/p+1. The van der Waals surface area contributed by atoms with Crippen LogP contribution in [0.5, 0.6) is 0 Å². The summed E-state index contributed by atoms with van der Waals surface area (Å²) in [6.45, 7) is 5.86. The highest BCUT2D eigenvalue weighted by Crippen LogP contribution is 2.10. The molecule has 110 valence electrons. The second kappa shape index (κ2) is 10.9. The molecular weight excluding hydrogens is 361 g/mol. The van der Waals surface area contributed by atoms with Crippen LogP contribution in [-0.4, -0.2) is 4.43 Å². The second-order valence-corrected chi connectivity index (χ2v) is 5.83. The molecule has 0 aliphatic rings. The Kier molecular flexibility index (Phi) is 9.37. The molecule has 1 aromatic heterocycles. The van der Waals surface area contributed by atoms with E-state index in [2.05, 4.69) is 41.1 Å². The Bertz CT molecular complexity index is 453. The first-order valence-electron chi connectivity index (χ1n) is 7.41.